The summed E-state index contributed by atoms with van der Waals surface area (Å²) in [6.45, 7) is 2.94. The molecule has 112 valence electrons. The molecule has 0 saturated carbocycles. The number of hydrogen-bond donors (Lipinski definition) is 3. The number of halogens is 1. The Kier molecular flexibility index (Phi) is 5.65. The Morgan fingerprint density at radius 2 is 1.71 bits per heavy atom. The maximum absolute atomic E-state index is 9.47. The number of phenols is 2. The van der Waals surface area contributed by atoms with Gasteiger partial charge in [0.2, 0.25) is 0 Å². The Morgan fingerprint density at radius 3 is 2.38 bits per heavy atom. The molecule has 0 aliphatic carbocycles. The average Bonchev–Trinajstić information content (AvgIpc) is 2.48. The van der Waals surface area contributed by atoms with Crippen molar-refractivity contribution in [3.63, 3.8) is 0 Å². The van der Waals surface area contributed by atoms with Crippen molar-refractivity contribution >= 4 is 15.9 Å². The molecule has 2 rings (SSSR count). The topological polar surface area (TPSA) is 52.5 Å². The summed E-state index contributed by atoms with van der Waals surface area (Å²) in [7, 11) is 0. The largest absolute Gasteiger partial charge is 0.508 e. The molecule has 0 amide bonds. The van der Waals surface area contributed by atoms with Crippen molar-refractivity contribution in [1.29, 1.82) is 0 Å². The van der Waals surface area contributed by atoms with Crippen LogP contribution in [0, 0.1) is 0 Å². The van der Waals surface area contributed by atoms with Gasteiger partial charge >= 0.3 is 0 Å². The zero-order valence-electron chi connectivity index (χ0n) is 12.0. The molecule has 0 heterocycles. The SMILES string of the molecule is CC(CCc1ccc(O)cc1)NCc1ccc(O)c(Br)c1. The molecule has 0 aromatic heterocycles. The number of benzene rings is 2. The first-order valence-electron chi connectivity index (χ1n) is 7.03. The van der Waals surface area contributed by atoms with Gasteiger partial charge in [0, 0.05) is 12.6 Å². The van der Waals surface area contributed by atoms with Crippen molar-refractivity contribution in [2.75, 3.05) is 0 Å². The van der Waals surface area contributed by atoms with Gasteiger partial charge in [0.1, 0.15) is 11.5 Å². The minimum absolute atomic E-state index is 0.263. The van der Waals surface area contributed by atoms with E-state index in [2.05, 4.69) is 28.2 Å². The lowest BCUT2D eigenvalue weighted by molar-refractivity contribution is 0.471. The van der Waals surface area contributed by atoms with E-state index in [0.29, 0.717) is 11.8 Å². The van der Waals surface area contributed by atoms with E-state index in [4.69, 9.17) is 0 Å². The van der Waals surface area contributed by atoms with Crippen molar-refractivity contribution in [3.8, 4) is 11.5 Å². The highest BCUT2D eigenvalue weighted by Crippen LogP contribution is 2.24. The fraction of sp³-hybridized carbons (Fsp3) is 0.294. The van der Waals surface area contributed by atoms with Crippen LogP contribution in [-0.2, 0) is 13.0 Å². The second kappa shape index (κ2) is 7.48. The van der Waals surface area contributed by atoms with E-state index < -0.39 is 0 Å². The summed E-state index contributed by atoms with van der Waals surface area (Å²) in [6.07, 6.45) is 2.01. The van der Waals surface area contributed by atoms with E-state index in [1.807, 2.05) is 24.3 Å². The van der Waals surface area contributed by atoms with Gasteiger partial charge in [0.15, 0.2) is 0 Å². The average molecular weight is 350 g/mol. The second-order valence-electron chi connectivity index (χ2n) is 5.27. The Labute approximate surface area is 133 Å². The van der Waals surface area contributed by atoms with Gasteiger partial charge < -0.3 is 15.5 Å². The molecule has 3 N–H and O–H groups in total. The molecule has 3 nitrogen and oxygen atoms in total. The molecule has 1 atom stereocenters. The molecule has 0 radical (unpaired) electrons. The van der Waals surface area contributed by atoms with Gasteiger partial charge in [-0.3, -0.25) is 0 Å². The van der Waals surface area contributed by atoms with E-state index in [0.717, 1.165) is 29.4 Å². The number of aryl methyl sites for hydroxylation is 1. The number of rotatable bonds is 6. The molecular weight excluding hydrogens is 330 g/mol. The monoisotopic (exact) mass is 349 g/mol. The standard InChI is InChI=1S/C17H20BrNO2/c1-12(2-3-13-4-7-15(20)8-5-13)19-11-14-6-9-17(21)16(18)10-14/h4-10,12,19-21H,2-3,11H2,1H3. The van der Waals surface area contributed by atoms with Gasteiger partial charge in [0.05, 0.1) is 4.47 Å². The summed E-state index contributed by atoms with van der Waals surface area (Å²) in [5.74, 6) is 0.571. The highest BCUT2D eigenvalue weighted by Gasteiger charge is 2.04. The Bertz CT molecular complexity index is 584. The molecule has 0 aliphatic heterocycles. The molecule has 4 heteroatoms. The van der Waals surface area contributed by atoms with E-state index in [-0.39, 0.29) is 5.75 Å². The number of hydrogen-bond acceptors (Lipinski definition) is 3. The molecule has 0 aliphatic rings. The van der Waals surface area contributed by atoms with Gasteiger partial charge in [0.25, 0.3) is 0 Å². The van der Waals surface area contributed by atoms with Crippen molar-refractivity contribution < 1.29 is 10.2 Å². The van der Waals surface area contributed by atoms with Crippen LogP contribution in [0.15, 0.2) is 46.9 Å². The maximum Gasteiger partial charge on any atom is 0.129 e. The summed E-state index contributed by atoms with van der Waals surface area (Å²) < 4.78 is 0.721. The predicted molar refractivity (Wildman–Crippen MR) is 88.5 cm³/mol. The fourth-order valence-corrected chi connectivity index (χ4v) is 2.53. The molecule has 0 fully saturated rings. The van der Waals surface area contributed by atoms with Crippen LogP contribution in [0.2, 0.25) is 0 Å². The smallest absolute Gasteiger partial charge is 0.129 e. The summed E-state index contributed by atoms with van der Waals surface area (Å²) in [5.41, 5.74) is 2.37. The molecular formula is C17H20BrNO2. The molecule has 21 heavy (non-hydrogen) atoms. The van der Waals surface area contributed by atoms with E-state index in [1.54, 1.807) is 18.2 Å². The lowest BCUT2D eigenvalue weighted by Crippen LogP contribution is -2.25. The van der Waals surface area contributed by atoms with Gasteiger partial charge in [-0.15, -0.1) is 0 Å². The second-order valence-corrected chi connectivity index (χ2v) is 6.13. The molecule has 2 aromatic rings. The Balaban J connectivity index is 1.77. The zero-order chi connectivity index (χ0) is 15.2. The van der Waals surface area contributed by atoms with Crippen LogP contribution in [0.25, 0.3) is 0 Å². The van der Waals surface area contributed by atoms with Crippen molar-refractivity contribution in [1.82, 2.24) is 5.32 Å². The first-order valence-corrected chi connectivity index (χ1v) is 7.82. The first-order chi connectivity index (χ1) is 10.0. The minimum atomic E-state index is 0.263. The lowest BCUT2D eigenvalue weighted by atomic mass is 10.1. The number of aromatic hydroxyl groups is 2. The molecule has 0 spiro atoms. The normalized spacial score (nSPS) is 12.3. The Hall–Kier alpha value is -1.52. The maximum atomic E-state index is 9.47. The Morgan fingerprint density at radius 1 is 1.05 bits per heavy atom. The van der Waals surface area contributed by atoms with Gasteiger partial charge in [-0.05, 0) is 71.1 Å². The van der Waals surface area contributed by atoms with Crippen LogP contribution in [-0.4, -0.2) is 16.3 Å². The van der Waals surface area contributed by atoms with Crippen LogP contribution in [0.1, 0.15) is 24.5 Å². The summed E-state index contributed by atoms with van der Waals surface area (Å²) in [6, 6.07) is 13.3. The van der Waals surface area contributed by atoms with Gasteiger partial charge in [-0.1, -0.05) is 18.2 Å². The quantitative estimate of drug-likeness (QED) is 0.739. The van der Waals surface area contributed by atoms with Crippen molar-refractivity contribution in [2.45, 2.75) is 32.4 Å². The third-order valence-corrected chi connectivity index (χ3v) is 4.10. The van der Waals surface area contributed by atoms with Crippen LogP contribution >= 0.6 is 15.9 Å². The number of phenolic OH excluding ortho intramolecular Hbond substituents is 2. The molecule has 2 aromatic carbocycles. The van der Waals surface area contributed by atoms with Crippen LogP contribution in [0.5, 0.6) is 11.5 Å². The summed E-state index contributed by atoms with van der Waals surface area (Å²) in [4.78, 5) is 0. The molecule has 1 unspecified atom stereocenters. The predicted octanol–water partition coefficient (Wildman–Crippen LogP) is 3.97. The van der Waals surface area contributed by atoms with Crippen LogP contribution in [0.3, 0.4) is 0 Å². The lowest BCUT2D eigenvalue weighted by Gasteiger charge is -2.14. The van der Waals surface area contributed by atoms with E-state index >= 15 is 0 Å². The highest BCUT2D eigenvalue weighted by molar-refractivity contribution is 9.10. The van der Waals surface area contributed by atoms with Gasteiger partial charge in [-0.25, -0.2) is 0 Å². The van der Waals surface area contributed by atoms with Crippen molar-refractivity contribution in [2.24, 2.45) is 0 Å². The highest BCUT2D eigenvalue weighted by atomic mass is 79.9. The number of nitrogens with one attached hydrogen (secondary N) is 1. The third kappa shape index (κ3) is 5.06. The molecule has 0 saturated heterocycles. The summed E-state index contributed by atoms with van der Waals surface area (Å²) >= 11 is 3.32. The van der Waals surface area contributed by atoms with Crippen LogP contribution in [0.4, 0.5) is 0 Å². The van der Waals surface area contributed by atoms with Gasteiger partial charge in [-0.2, -0.15) is 0 Å². The summed E-state index contributed by atoms with van der Waals surface area (Å²) in [5, 5.41) is 22.2. The fourth-order valence-electron chi connectivity index (χ4n) is 2.10. The first kappa shape index (κ1) is 15.9. The molecule has 0 bridgehead atoms. The van der Waals surface area contributed by atoms with Crippen molar-refractivity contribution in [3.05, 3.63) is 58.1 Å². The third-order valence-electron chi connectivity index (χ3n) is 3.47. The van der Waals surface area contributed by atoms with E-state index in [1.165, 1.54) is 5.56 Å². The van der Waals surface area contributed by atoms with Crippen LogP contribution < -0.4 is 5.32 Å². The minimum Gasteiger partial charge on any atom is -0.508 e. The zero-order valence-corrected chi connectivity index (χ0v) is 13.6. The van der Waals surface area contributed by atoms with E-state index in [9.17, 15) is 10.2 Å².